The Morgan fingerprint density at radius 3 is 2.89 bits per heavy atom. The Balaban J connectivity index is 2.14. The third-order valence-electron chi connectivity index (χ3n) is 2.86. The lowest BCUT2D eigenvalue weighted by molar-refractivity contribution is 0.415. The standard InChI is InChI=1S/C14H12N4O/c1-19-14-7-6-11-4-2-3-5-12(11)13(14)8-16-18-10-15-9-17-18/h2-10H,1H3/b16-8+. The van der Waals surface area contributed by atoms with Crippen LogP contribution in [0.3, 0.4) is 0 Å². The fraction of sp³-hybridized carbons (Fsp3) is 0.0714. The van der Waals surface area contributed by atoms with Crippen molar-refractivity contribution in [1.82, 2.24) is 14.9 Å². The Morgan fingerprint density at radius 1 is 1.21 bits per heavy atom. The van der Waals surface area contributed by atoms with Gasteiger partial charge in [0, 0.05) is 5.56 Å². The third-order valence-corrected chi connectivity index (χ3v) is 2.86. The van der Waals surface area contributed by atoms with Gasteiger partial charge < -0.3 is 4.74 Å². The summed E-state index contributed by atoms with van der Waals surface area (Å²) in [6.45, 7) is 0. The number of hydrogen-bond acceptors (Lipinski definition) is 4. The van der Waals surface area contributed by atoms with E-state index in [0.29, 0.717) is 0 Å². The van der Waals surface area contributed by atoms with E-state index >= 15 is 0 Å². The molecular weight excluding hydrogens is 240 g/mol. The molecule has 2 aromatic carbocycles. The van der Waals surface area contributed by atoms with Crippen molar-refractivity contribution in [2.75, 3.05) is 7.11 Å². The monoisotopic (exact) mass is 252 g/mol. The number of ether oxygens (including phenoxy) is 1. The summed E-state index contributed by atoms with van der Waals surface area (Å²) in [7, 11) is 1.65. The van der Waals surface area contributed by atoms with Crippen LogP contribution in [0, 0.1) is 0 Å². The van der Waals surface area contributed by atoms with Gasteiger partial charge in [-0.15, -0.1) is 9.89 Å². The van der Waals surface area contributed by atoms with Crippen LogP contribution in [-0.4, -0.2) is 28.2 Å². The lowest BCUT2D eigenvalue weighted by atomic mass is 10.0. The minimum Gasteiger partial charge on any atom is -0.496 e. The second-order valence-electron chi connectivity index (χ2n) is 3.96. The van der Waals surface area contributed by atoms with Crippen LogP contribution in [-0.2, 0) is 0 Å². The van der Waals surface area contributed by atoms with Crippen molar-refractivity contribution in [2.24, 2.45) is 5.10 Å². The van der Waals surface area contributed by atoms with Gasteiger partial charge in [0.15, 0.2) is 0 Å². The van der Waals surface area contributed by atoms with Gasteiger partial charge in [-0.25, -0.2) is 4.98 Å². The Hall–Kier alpha value is -2.69. The molecule has 0 spiro atoms. The Labute approximate surface area is 110 Å². The molecule has 19 heavy (non-hydrogen) atoms. The van der Waals surface area contributed by atoms with Crippen molar-refractivity contribution in [3.63, 3.8) is 0 Å². The molecule has 1 aromatic heterocycles. The SMILES string of the molecule is COc1ccc2ccccc2c1/C=N/n1cncn1. The van der Waals surface area contributed by atoms with E-state index in [4.69, 9.17) is 4.74 Å². The molecule has 3 aromatic rings. The van der Waals surface area contributed by atoms with E-state index in [9.17, 15) is 0 Å². The van der Waals surface area contributed by atoms with Gasteiger partial charge in [-0.2, -0.15) is 5.10 Å². The molecule has 0 radical (unpaired) electrons. The van der Waals surface area contributed by atoms with Crippen LogP contribution in [0.4, 0.5) is 0 Å². The average molecular weight is 252 g/mol. The fourth-order valence-corrected chi connectivity index (χ4v) is 1.97. The zero-order valence-corrected chi connectivity index (χ0v) is 10.4. The molecule has 0 fully saturated rings. The van der Waals surface area contributed by atoms with Gasteiger partial charge >= 0.3 is 0 Å². The first-order valence-corrected chi connectivity index (χ1v) is 5.83. The van der Waals surface area contributed by atoms with Crippen LogP contribution >= 0.6 is 0 Å². The van der Waals surface area contributed by atoms with Crippen molar-refractivity contribution < 1.29 is 4.74 Å². The number of benzene rings is 2. The minimum absolute atomic E-state index is 0.780. The van der Waals surface area contributed by atoms with Gasteiger partial charge in [0.05, 0.1) is 13.3 Å². The number of methoxy groups -OCH3 is 1. The molecule has 0 saturated heterocycles. The Bertz CT molecular complexity index is 719. The second kappa shape index (κ2) is 4.89. The van der Waals surface area contributed by atoms with Gasteiger partial charge in [0.25, 0.3) is 0 Å². The number of fused-ring (bicyclic) bond motifs is 1. The van der Waals surface area contributed by atoms with Crippen molar-refractivity contribution in [2.45, 2.75) is 0 Å². The molecule has 0 atom stereocenters. The van der Waals surface area contributed by atoms with Crippen LogP contribution in [0.2, 0.25) is 0 Å². The zero-order chi connectivity index (χ0) is 13.1. The van der Waals surface area contributed by atoms with Crippen molar-refractivity contribution in [1.29, 1.82) is 0 Å². The summed E-state index contributed by atoms with van der Waals surface area (Å²) in [5.41, 5.74) is 0.927. The van der Waals surface area contributed by atoms with Crippen molar-refractivity contribution in [3.05, 3.63) is 54.6 Å². The summed E-state index contributed by atoms with van der Waals surface area (Å²) in [6, 6.07) is 12.1. The maximum Gasteiger partial charge on any atom is 0.139 e. The van der Waals surface area contributed by atoms with Crippen LogP contribution in [0.25, 0.3) is 10.8 Å². The topological polar surface area (TPSA) is 52.3 Å². The smallest absolute Gasteiger partial charge is 0.139 e. The largest absolute Gasteiger partial charge is 0.496 e. The fourth-order valence-electron chi connectivity index (χ4n) is 1.97. The Kier molecular flexibility index (Phi) is 2.94. The summed E-state index contributed by atoms with van der Waals surface area (Å²) in [6.07, 6.45) is 4.71. The van der Waals surface area contributed by atoms with E-state index in [-0.39, 0.29) is 0 Å². The lowest BCUT2D eigenvalue weighted by Crippen LogP contribution is -1.95. The first kappa shape index (κ1) is 11.4. The molecule has 1 heterocycles. The van der Waals surface area contributed by atoms with Crippen molar-refractivity contribution >= 4 is 17.0 Å². The summed E-state index contributed by atoms with van der Waals surface area (Å²) >= 11 is 0. The first-order valence-electron chi connectivity index (χ1n) is 5.83. The highest BCUT2D eigenvalue weighted by molar-refractivity contribution is 6.02. The highest BCUT2D eigenvalue weighted by Gasteiger charge is 2.05. The van der Waals surface area contributed by atoms with Crippen LogP contribution < -0.4 is 4.74 Å². The molecule has 5 nitrogen and oxygen atoms in total. The van der Waals surface area contributed by atoms with E-state index in [2.05, 4.69) is 21.3 Å². The van der Waals surface area contributed by atoms with E-state index in [0.717, 1.165) is 22.1 Å². The van der Waals surface area contributed by atoms with Crippen LogP contribution in [0.1, 0.15) is 5.56 Å². The predicted octanol–water partition coefficient (Wildman–Crippen LogP) is 2.32. The zero-order valence-electron chi connectivity index (χ0n) is 10.4. The molecule has 0 aliphatic rings. The molecule has 3 rings (SSSR count). The maximum absolute atomic E-state index is 5.39. The van der Waals surface area contributed by atoms with Gasteiger partial charge in [0.2, 0.25) is 0 Å². The van der Waals surface area contributed by atoms with Crippen LogP contribution in [0.5, 0.6) is 5.75 Å². The normalized spacial score (nSPS) is 11.2. The van der Waals surface area contributed by atoms with E-state index in [1.54, 1.807) is 13.3 Å². The molecule has 0 saturated carbocycles. The summed E-state index contributed by atoms with van der Waals surface area (Å²) in [5.74, 6) is 0.780. The molecule has 0 aliphatic carbocycles. The molecular formula is C14H12N4O. The summed E-state index contributed by atoms with van der Waals surface area (Å²) < 4.78 is 5.39. The predicted molar refractivity (Wildman–Crippen MR) is 73.5 cm³/mol. The minimum atomic E-state index is 0.780. The molecule has 0 N–H and O–H groups in total. The van der Waals surface area contributed by atoms with Gasteiger partial charge in [-0.1, -0.05) is 30.3 Å². The van der Waals surface area contributed by atoms with Gasteiger partial charge in [-0.3, -0.25) is 0 Å². The van der Waals surface area contributed by atoms with Gasteiger partial charge in [0.1, 0.15) is 18.4 Å². The van der Waals surface area contributed by atoms with E-state index in [1.807, 2.05) is 30.3 Å². The number of hydrogen-bond donors (Lipinski definition) is 0. The van der Waals surface area contributed by atoms with E-state index in [1.165, 1.54) is 17.4 Å². The number of aromatic nitrogens is 3. The summed E-state index contributed by atoms with van der Waals surface area (Å²) in [4.78, 5) is 5.25. The first-order chi connectivity index (χ1) is 9.38. The molecule has 0 bridgehead atoms. The lowest BCUT2D eigenvalue weighted by Gasteiger charge is -2.07. The van der Waals surface area contributed by atoms with Crippen molar-refractivity contribution in [3.8, 4) is 5.75 Å². The molecule has 0 unspecified atom stereocenters. The summed E-state index contributed by atoms with van der Waals surface area (Å²) in [5, 5.41) is 10.4. The number of nitrogens with zero attached hydrogens (tertiary/aromatic N) is 4. The molecule has 5 heteroatoms. The average Bonchev–Trinajstić information content (AvgIpc) is 2.97. The molecule has 94 valence electrons. The second-order valence-corrected chi connectivity index (χ2v) is 3.96. The highest BCUT2D eigenvalue weighted by Crippen LogP contribution is 2.26. The third kappa shape index (κ3) is 2.18. The number of rotatable bonds is 3. The van der Waals surface area contributed by atoms with Crippen LogP contribution in [0.15, 0.2) is 54.2 Å². The van der Waals surface area contributed by atoms with E-state index < -0.39 is 0 Å². The Morgan fingerprint density at radius 2 is 2.11 bits per heavy atom. The molecule has 0 aliphatic heterocycles. The highest BCUT2D eigenvalue weighted by atomic mass is 16.5. The molecule has 0 amide bonds. The maximum atomic E-state index is 5.39. The quantitative estimate of drug-likeness (QED) is 0.672. The van der Waals surface area contributed by atoms with Gasteiger partial charge in [-0.05, 0) is 16.8 Å².